The smallest absolute Gasteiger partial charge is 0.238 e. The average molecular weight is 355 g/mol. The van der Waals surface area contributed by atoms with E-state index in [1.165, 1.54) is 11.6 Å². The maximum Gasteiger partial charge on any atom is 0.238 e. The molecule has 2 aromatic rings. The Morgan fingerprint density at radius 3 is 2.42 bits per heavy atom. The number of amides is 1. The van der Waals surface area contributed by atoms with Gasteiger partial charge in [-0.15, -0.1) is 0 Å². The van der Waals surface area contributed by atoms with E-state index < -0.39 is 0 Å². The van der Waals surface area contributed by atoms with Crippen LogP contribution in [0.15, 0.2) is 48.5 Å². The lowest BCUT2D eigenvalue weighted by atomic mass is 10.1. The van der Waals surface area contributed by atoms with Gasteiger partial charge in [-0.3, -0.25) is 9.69 Å². The highest BCUT2D eigenvalue weighted by Crippen LogP contribution is 2.15. The summed E-state index contributed by atoms with van der Waals surface area (Å²) < 4.78 is 13.8. The Bertz CT molecular complexity index is 727. The fraction of sp³-hybridized carbons (Fsp3) is 0.381. The molecular weight excluding hydrogens is 329 g/mol. The first kappa shape index (κ1) is 18.5. The number of carbonyl (C=O) groups excluding carboxylic acids is 1. The third kappa shape index (κ3) is 5.38. The summed E-state index contributed by atoms with van der Waals surface area (Å²) in [7, 11) is 0. The van der Waals surface area contributed by atoms with Crippen molar-refractivity contribution in [2.75, 3.05) is 44.6 Å². The molecule has 1 amide bonds. The molecule has 0 aliphatic carbocycles. The molecule has 1 aliphatic heterocycles. The van der Waals surface area contributed by atoms with Crippen LogP contribution in [0.4, 0.5) is 10.1 Å². The summed E-state index contributed by atoms with van der Waals surface area (Å²) in [5.74, 6) is -0.547. The van der Waals surface area contributed by atoms with Gasteiger partial charge in [0.05, 0.1) is 12.2 Å². The van der Waals surface area contributed by atoms with Gasteiger partial charge in [0.1, 0.15) is 5.82 Å². The summed E-state index contributed by atoms with van der Waals surface area (Å²) in [6.07, 6.45) is 1.05. The van der Waals surface area contributed by atoms with Gasteiger partial charge in [-0.1, -0.05) is 36.4 Å². The molecule has 0 radical (unpaired) electrons. The van der Waals surface area contributed by atoms with Gasteiger partial charge >= 0.3 is 0 Å². The lowest BCUT2D eigenvalue weighted by Gasteiger charge is -2.34. The van der Waals surface area contributed by atoms with E-state index >= 15 is 0 Å². The van der Waals surface area contributed by atoms with E-state index in [1.54, 1.807) is 12.1 Å². The Kier molecular flexibility index (Phi) is 6.36. The minimum absolute atomic E-state index is 0.162. The SMILES string of the molecule is Cc1ccc(NC(=O)CN2CCN(CCc3ccccc3)CC2)c(F)c1. The van der Waals surface area contributed by atoms with Crippen molar-refractivity contribution >= 4 is 11.6 Å². The van der Waals surface area contributed by atoms with Gasteiger partial charge < -0.3 is 10.2 Å². The minimum atomic E-state index is -0.385. The first-order chi connectivity index (χ1) is 12.6. The summed E-state index contributed by atoms with van der Waals surface area (Å²) >= 11 is 0. The molecule has 2 aromatic carbocycles. The summed E-state index contributed by atoms with van der Waals surface area (Å²) in [6.45, 7) is 6.81. The molecule has 1 saturated heterocycles. The van der Waals surface area contributed by atoms with Crippen LogP contribution in [-0.4, -0.2) is 55.0 Å². The van der Waals surface area contributed by atoms with Crippen LogP contribution >= 0.6 is 0 Å². The first-order valence-corrected chi connectivity index (χ1v) is 9.15. The van der Waals surface area contributed by atoms with Crippen LogP contribution in [0, 0.1) is 12.7 Å². The molecule has 1 aliphatic rings. The van der Waals surface area contributed by atoms with Crippen LogP contribution in [0.25, 0.3) is 0 Å². The van der Waals surface area contributed by atoms with Gasteiger partial charge in [0.15, 0.2) is 0 Å². The second kappa shape index (κ2) is 8.92. The monoisotopic (exact) mass is 355 g/mol. The highest BCUT2D eigenvalue weighted by molar-refractivity contribution is 5.92. The molecule has 1 fully saturated rings. The van der Waals surface area contributed by atoms with Gasteiger partial charge in [0.2, 0.25) is 5.91 Å². The van der Waals surface area contributed by atoms with Crippen LogP contribution in [0.3, 0.4) is 0 Å². The number of aryl methyl sites for hydroxylation is 1. The molecule has 26 heavy (non-hydrogen) atoms. The summed E-state index contributed by atoms with van der Waals surface area (Å²) in [4.78, 5) is 16.7. The largest absolute Gasteiger partial charge is 0.322 e. The van der Waals surface area contributed by atoms with E-state index in [-0.39, 0.29) is 17.4 Å². The topological polar surface area (TPSA) is 35.6 Å². The molecule has 0 aromatic heterocycles. The zero-order valence-corrected chi connectivity index (χ0v) is 15.2. The van der Waals surface area contributed by atoms with Crippen molar-refractivity contribution < 1.29 is 9.18 Å². The molecular formula is C21H26FN3O. The normalized spacial score (nSPS) is 15.8. The number of hydrogen-bond acceptors (Lipinski definition) is 3. The highest BCUT2D eigenvalue weighted by Gasteiger charge is 2.19. The number of nitrogens with zero attached hydrogens (tertiary/aromatic N) is 2. The number of hydrogen-bond donors (Lipinski definition) is 1. The Morgan fingerprint density at radius 2 is 1.73 bits per heavy atom. The van der Waals surface area contributed by atoms with Gasteiger partial charge in [0.25, 0.3) is 0 Å². The second-order valence-corrected chi connectivity index (χ2v) is 6.88. The van der Waals surface area contributed by atoms with Crippen molar-refractivity contribution in [1.82, 2.24) is 9.80 Å². The zero-order valence-electron chi connectivity index (χ0n) is 15.2. The van der Waals surface area contributed by atoms with E-state index in [0.717, 1.165) is 44.7 Å². The van der Waals surface area contributed by atoms with Crippen molar-refractivity contribution in [1.29, 1.82) is 0 Å². The van der Waals surface area contributed by atoms with E-state index in [4.69, 9.17) is 0 Å². The predicted octanol–water partition coefficient (Wildman–Crippen LogP) is 2.93. The molecule has 4 nitrogen and oxygen atoms in total. The van der Waals surface area contributed by atoms with E-state index in [9.17, 15) is 9.18 Å². The third-order valence-electron chi connectivity index (χ3n) is 4.79. The molecule has 0 atom stereocenters. The Morgan fingerprint density at radius 1 is 1.04 bits per heavy atom. The van der Waals surface area contributed by atoms with Gasteiger partial charge in [0, 0.05) is 32.7 Å². The molecule has 0 saturated carbocycles. The van der Waals surface area contributed by atoms with Crippen molar-refractivity contribution in [3.63, 3.8) is 0 Å². The number of carbonyl (C=O) groups is 1. The van der Waals surface area contributed by atoms with Gasteiger partial charge in [-0.05, 0) is 36.6 Å². The highest BCUT2D eigenvalue weighted by atomic mass is 19.1. The number of benzene rings is 2. The molecule has 1 heterocycles. The number of nitrogens with one attached hydrogen (secondary N) is 1. The minimum Gasteiger partial charge on any atom is -0.322 e. The Labute approximate surface area is 154 Å². The number of halogens is 1. The predicted molar refractivity (Wildman–Crippen MR) is 103 cm³/mol. The summed E-state index contributed by atoms with van der Waals surface area (Å²) in [6, 6.07) is 15.3. The quantitative estimate of drug-likeness (QED) is 0.865. The van der Waals surface area contributed by atoms with E-state index in [2.05, 4.69) is 39.4 Å². The molecule has 138 valence electrons. The van der Waals surface area contributed by atoms with Gasteiger partial charge in [-0.25, -0.2) is 4.39 Å². The maximum absolute atomic E-state index is 13.8. The lowest BCUT2D eigenvalue weighted by molar-refractivity contribution is -0.117. The second-order valence-electron chi connectivity index (χ2n) is 6.88. The van der Waals surface area contributed by atoms with E-state index in [0.29, 0.717) is 6.54 Å². The average Bonchev–Trinajstić information content (AvgIpc) is 2.64. The Hall–Kier alpha value is -2.24. The van der Waals surface area contributed by atoms with Crippen LogP contribution in [0.1, 0.15) is 11.1 Å². The molecule has 5 heteroatoms. The maximum atomic E-state index is 13.8. The van der Waals surface area contributed by atoms with Gasteiger partial charge in [-0.2, -0.15) is 0 Å². The fourth-order valence-corrected chi connectivity index (χ4v) is 3.22. The van der Waals surface area contributed by atoms with Crippen LogP contribution in [0.2, 0.25) is 0 Å². The lowest BCUT2D eigenvalue weighted by Crippen LogP contribution is -2.49. The van der Waals surface area contributed by atoms with Crippen LogP contribution < -0.4 is 5.32 Å². The fourth-order valence-electron chi connectivity index (χ4n) is 3.22. The standard InChI is InChI=1S/C21H26FN3O/c1-17-7-8-20(19(22)15-17)23-21(26)16-25-13-11-24(12-14-25)10-9-18-5-3-2-4-6-18/h2-8,15H,9-14,16H2,1H3,(H,23,26). The molecule has 3 rings (SSSR count). The number of anilines is 1. The van der Waals surface area contributed by atoms with E-state index in [1.807, 2.05) is 13.0 Å². The molecule has 0 bridgehead atoms. The number of piperazine rings is 1. The molecule has 0 spiro atoms. The molecule has 0 unspecified atom stereocenters. The Balaban J connectivity index is 1.40. The third-order valence-corrected chi connectivity index (χ3v) is 4.79. The van der Waals surface area contributed by atoms with Crippen molar-refractivity contribution in [2.45, 2.75) is 13.3 Å². The zero-order chi connectivity index (χ0) is 18.4. The van der Waals surface area contributed by atoms with Crippen LogP contribution in [0.5, 0.6) is 0 Å². The van der Waals surface area contributed by atoms with Crippen molar-refractivity contribution in [2.24, 2.45) is 0 Å². The van der Waals surface area contributed by atoms with Crippen molar-refractivity contribution in [3.8, 4) is 0 Å². The summed E-state index contributed by atoms with van der Waals surface area (Å²) in [5, 5.41) is 2.67. The number of rotatable bonds is 6. The molecule has 1 N–H and O–H groups in total. The summed E-state index contributed by atoms with van der Waals surface area (Å²) in [5.41, 5.74) is 2.45. The van der Waals surface area contributed by atoms with Crippen LogP contribution in [-0.2, 0) is 11.2 Å². The first-order valence-electron chi connectivity index (χ1n) is 9.15. The van der Waals surface area contributed by atoms with Crippen molar-refractivity contribution in [3.05, 3.63) is 65.5 Å².